The molecule has 2 rings (SSSR count). The number of benzene rings is 2. The van der Waals surface area contributed by atoms with Gasteiger partial charge in [-0.15, -0.1) is 0 Å². The lowest BCUT2D eigenvalue weighted by atomic mass is 9.93. The van der Waals surface area contributed by atoms with Gasteiger partial charge in [-0.2, -0.15) is 0 Å². The Morgan fingerprint density at radius 3 is 2.35 bits per heavy atom. The van der Waals surface area contributed by atoms with Crippen molar-refractivity contribution in [3.63, 3.8) is 0 Å². The highest BCUT2D eigenvalue weighted by Gasteiger charge is 2.17. The number of hydrogen-bond donors (Lipinski definition) is 1. The number of hydrogen-bond acceptors (Lipinski definition) is 1. The van der Waals surface area contributed by atoms with Crippen LogP contribution in [0.2, 0.25) is 10.0 Å². The molecule has 0 aliphatic rings. The zero-order chi connectivity index (χ0) is 14.7. The highest BCUT2D eigenvalue weighted by Crippen LogP contribution is 2.32. The number of aryl methyl sites for hydroxylation is 2. The molecule has 106 valence electrons. The van der Waals surface area contributed by atoms with Crippen LogP contribution in [0.4, 0.5) is 0 Å². The Balaban J connectivity index is 2.51. The Morgan fingerprint density at radius 1 is 0.950 bits per heavy atom. The van der Waals surface area contributed by atoms with Crippen LogP contribution in [0.3, 0.4) is 0 Å². The third-order valence-electron chi connectivity index (χ3n) is 3.55. The summed E-state index contributed by atoms with van der Waals surface area (Å²) in [6.07, 6.45) is 1.06. The molecule has 0 spiro atoms. The van der Waals surface area contributed by atoms with Gasteiger partial charge < -0.3 is 5.11 Å². The van der Waals surface area contributed by atoms with Crippen LogP contribution < -0.4 is 0 Å². The van der Waals surface area contributed by atoms with Crippen molar-refractivity contribution in [2.75, 3.05) is 0 Å². The molecule has 1 nitrogen and oxygen atoms in total. The van der Waals surface area contributed by atoms with Gasteiger partial charge in [-0.3, -0.25) is 0 Å². The first-order valence-corrected chi connectivity index (χ1v) is 7.57. The van der Waals surface area contributed by atoms with Gasteiger partial charge in [0.2, 0.25) is 0 Å². The summed E-state index contributed by atoms with van der Waals surface area (Å²) < 4.78 is 0. The maximum atomic E-state index is 10.7. The molecule has 0 amide bonds. The van der Waals surface area contributed by atoms with Crippen LogP contribution in [0.5, 0.6) is 0 Å². The molecule has 3 heteroatoms. The number of aliphatic hydroxyl groups is 1. The second kappa shape index (κ2) is 6.62. The Morgan fingerprint density at radius 2 is 1.70 bits per heavy atom. The molecule has 1 atom stereocenters. The van der Waals surface area contributed by atoms with Crippen molar-refractivity contribution in [1.29, 1.82) is 0 Å². The quantitative estimate of drug-likeness (QED) is 0.823. The highest BCUT2D eigenvalue weighted by molar-refractivity contribution is 6.33. The zero-order valence-corrected chi connectivity index (χ0v) is 13.2. The lowest BCUT2D eigenvalue weighted by molar-refractivity contribution is 0.219. The van der Waals surface area contributed by atoms with E-state index in [9.17, 15) is 5.11 Å². The summed E-state index contributed by atoms with van der Waals surface area (Å²) in [5.74, 6) is 0. The lowest BCUT2D eigenvalue weighted by Gasteiger charge is -2.18. The summed E-state index contributed by atoms with van der Waals surface area (Å²) in [7, 11) is 0. The number of rotatable bonds is 4. The fourth-order valence-corrected chi connectivity index (χ4v) is 2.73. The Bertz CT molecular complexity index is 608. The van der Waals surface area contributed by atoms with Gasteiger partial charge in [0.15, 0.2) is 0 Å². The van der Waals surface area contributed by atoms with Crippen molar-refractivity contribution < 1.29 is 5.11 Å². The topological polar surface area (TPSA) is 20.2 Å². The van der Waals surface area contributed by atoms with Crippen molar-refractivity contribution in [2.45, 2.75) is 32.8 Å². The first-order chi connectivity index (χ1) is 9.56. The lowest BCUT2D eigenvalue weighted by Crippen LogP contribution is -2.05. The highest BCUT2D eigenvalue weighted by atomic mass is 35.5. The average molecular weight is 309 g/mol. The summed E-state index contributed by atoms with van der Waals surface area (Å²) in [5.41, 5.74) is 3.90. The van der Waals surface area contributed by atoms with E-state index >= 15 is 0 Å². The van der Waals surface area contributed by atoms with Crippen LogP contribution in [0, 0.1) is 0 Å². The second-order valence-electron chi connectivity index (χ2n) is 4.81. The van der Waals surface area contributed by atoms with E-state index in [-0.39, 0.29) is 0 Å². The van der Waals surface area contributed by atoms with Gasteiger partial charge in [0.25, 0.3) is 0 Å². The normalized spacial score (nSPS) is 12.4. The minimum Gasteiger partial charge on any atom is -0.384 e. The van der Waals surface area contributed by atoms with Crippen molar-refractivity contribution in [1.82, 2.24) is 0 Å². The minimum absolute atomic E-state index is 0.533. The molecule has 0 radical (unpaired) electrons. The van der Waals surface area contributed by atoms with Gasteiger partial charge in [0.1, 0.15) is 6.10 Å². The van der Waals surface area contributed by atoms with Gasteiger partial charge in [0.05, 0.1) is 0 Å². The van der Waals surface area contributed by atoms with E-state index in [2.05, 4.69) is 32.0 Å². The molecule has 0 aromatic heterocycles. The van der Waals surface area contributed by atoms with E-state index in [1.54, 1.807) is 18.2 Å². The molecule has 0 bridgehead atoms. The number of aliphatic hydroxyl groups excluding tert-OH is 1. The summed E-state index contributed by atoms with van der Waals surface area (Å²) in [6, 6.07) is 11.4. The van der Waals surface area contributed by atoms with Crippen molar-refractivity contribution >= 4 is 23.2 Å². The first kappa shape index (κ1) is 15.4. The predicted molar refractivity (Wildman–Crippen MR) is 85.7 cm³/mol. The fraction of sp³-hybridized carbons (Fsp3) is 0.294. The molecule has 2 aromatic carbocycles. The van der Waals surface area contributed by atoms with Crippen molar-refractivity contribution in [3.8, 4) is 0 Å². The van der Waals surface area contributed by atoms with Gasteiger partial charge >= 0.3 is 0 Å². The molecule has 1 N–H and O–H groups in total. The molecule has 0 saturated carbocycles. The molecule has 0 aliphatic heterocycles. The van der Waals surface area contributed by atoms with E-state index < -0.39 is 6.10 Å². The van der Waals surface area contributed by atoms with E-state index in [1.807, 2.05) is 0 Å². The average Bonchev–Trinajstić information content (AvgIpc) is 2.48. The Labute approximate surface area is 130 Å². The Kier molecular flexibility index (Phi) is 5.09. The molecular formula is C17H18Cl2O. The molecule has 0 heterocycles. The summed E-state index contributed by atoms with van der Waals surface area (Å²) in [4.78, 5) is 0. The third kappa shape index (κ3) is 3.17. The fourth-order valence-electron chi connectivity index (χ4n) is 2.33. The Hall–Kier alpha value is -1.02. The molecule has 2 aromatic rings. The van der Waals surface area contributed by atoms with E-state index in [1.165, 1.54) is 5.56 Å². The standard InChI is InChI=1S/C17H18Cl2O/c1-3-11-5-6-12(4-2)14(9-11)17(20)15-10-13(18)7-8-16(15)19/h5-10,17,20H,3-4H2,1-2H3. The van der Waals surface area contributed by atoms with Gasteiger partial charge in [-0.05, 0) is 47.7 Å². The second-order valence-corrected chi connectivity index (χ2v) is 5.65. The maximum Gasteiger partial charge on any atom is 0.106 e. The largest absolute Gasteiger partial charge is 0.384 e. The van der Waals surface area contributed by atoms with E-state index in [0.717, 1.165) is 24.0 Å². The summed E-state index contributed by atoms with van der Waals surface area (Å²) in [5, 5.41) is 11.8. The number of halogens is 2. The van der Waals surface area contributed by atoms with Crippen molar-refractivity contribution in [3.05, 3.63) is 68.7 Å². The zero-order valence-electron chi connectivity index (χ0n) is 11.7. The first-order valence-electron chi connectivity index (χ1n) is 6.81. The third-order valence-corrected chi connectivity index (χ3v) is 4.13. The molecule has 0 saturated heterocycles. The summed E-state index contributed by atoms with van der Waals surface area (Å²) in [6.45, 7) is 4.18. The maximum absolute atomic E-state index is 10.7. The summed E-state index contributed by atoms with van der Waals surface area (Å²) >= 11 is 12.2. The van der Waals surface area contributed by atoms with Crippen LogP contribution in [-0.2, 0) is 12.8 Å². The minimum atomic E-state index is -0.748. The van der Waals surface area contributed by atoms with Crippen LogP contribution in [-0.4, -0.2) is 5.11 Å². The van der Waals surface area contributed by atoms with E-state index in [4.69, 9.17) is 23.2 Å². The monoisotopic (exact) mass is 308 g/mol. The predicted octanol–water partition coefficient (Wildman–Crippen LogP) is 5.20. The SMILES string of the molecule is CCc1ccc(CC)c(C(O)c2cc(Cl)ccc2Cl)c1. The molecule has 0 aliphatic carbocycles. The smallest absolute Gasteiger partial charge is 0.106 e. The van der Waals surface area contributed by atoms with Crippen LogP contribution in [0.25, 0.3) is 0 Å². The molecular weight excluding hydrogens is 291 g/mol. The van der Waals surface area contributed by atoms with Gasteiger partial charge in [-0.1, -0.05) is 55.2 Å². The van der Waals surface area contributed by atoms with E-state index in [0.29, 0.717) is 15.6 Å². The van der Waals surface area contributed by atoms with Crippen LogP contribution >= 0.6 is 23.2 Å². The van der Waals surface area contributed by atoms with Gasteiger partial charge in [0, 0.05) is 15.6 Å². The molecule has 1 unspecified atom stereocenters. The van der Waals surface area contributed by atoms with Crippen LogP contribution in [0.1, 0.15) is 42.2 Å². The van der Waals surface area contributed by atoms with Crippen molar-refractivity contribution in [2.24, 2.45) is 0 Å². The van der Waals surface area contributed by atoms with Gasteiger partial charge in [-0.25, -0.2) is 0 Å². The molecule has 20 heavy (non-hydrogen) atoms. The van der Waals surface area contributed by atoms with Crippen LogP contribution in [0.15, 0.2) is 36.4 Å². The molecule has 0 fully saturated rings.